The van der Waals surface area contributed by atoms with E-state index in [4.69, 9.17) is 9.26 Å². The molecule has 1 saturated heterocycles. The fourth-order valence-corrected chi connectivity index (χ4v) is 2.71. The minimum absolute atomic E-state index is 0.0214. The molecule has 23 heavy (non-hydrogen) atoms. The van der Waals surface area contributed by atoms with Crippen LogP contribution >= 0.6 is 0 Å². The molecule has 0 radical (unpaired) electrons. The van der Waals surface area contributed by atoms with E-state index in [2.05, 4.69) is 22.0 Å². The topological polar surface area (TPSA) is 51.4 Å². The molecule has 2 aromatic rings. The van der Waals surface area contributed by atoms with Crippen LogP contribution in [-0.2, 0) is 4.74 Å². The lowest BCUT2D eigenvalue weighted by molar-refractivity contribution is -0.0203. The average Bonchev–Trinajstić information content (AvgIpc) is 3.05. The van der Waals surface area contributed by atoms with Gasteiger partial charge in [-0.3, -0.25) is 4.90 Å². The highest BCUT2D eigenvalue weighted by Crippen LogP contribution is 2.26. The number of benzene rings is 1. The quantitative estimate of drug-likeness (QED) is 0.846. The van der Waals surface area contributed by atoms with Gasteiger partial charge in [0, 0.05) is 12.1 Å². The molecule has 1 atom stereocenters. The third kappa shape index (κ3) is 3.59. The molecule has 124 valence electrons. The third-order valence-corrected chi connectivity index (χ3v) is 4.20. The summed E-state index contributed by atoms with van der Waals surface area (Å²) in [5, 5.41) is 4.01. The Morgan fingerprint density at radius 1 is 1.39 bits per heavy atom. The lowest BCUT2D eigenvalue weighted by Gasteiger charge is -2.33. The first kappa shape index (κ1) is 16.1. The van der Waals surface area contributed by atoms with Crippen molar-refractivity contribution in [3.8, 4) is 11.4 Å². The summed E-state index contributed by atoms with van der Waals surface area (Å²) < 4.78 is 24.7. The molecule has 0 saturated carbocycles. The zero-order valence-electron chi connectivity index (χ0n) is 13.6. The summed E-state index contributed by atoms with van der Waals surface area (Å²) >= 11 is 0. The average molecular weight is 319 g/mol. The molecule has 0 bridgehead atoms. The van der Waals surface area contributed by atoms with Gasteiger partial charge in [-0.1, -0.05) is 30.6 Å². The van der Waals surface area contributed by atoms with Crippen LogP contribution in [0.1, 0.15) is 37.3 Å². The maximum absolute atomic E-state index is 13.7. The van der Waals surface area contributed by atoms with Crippen molar-refractivity contribution in [3.63, 3.8) is 0 Å². The molecule has 1 aliphatic rings. The maximum Gasteiger partial charge on any atom is 0.246 e. The normalized spacial score (nSPS) is 19.2. The van der Waals surface area contributed by atoms with Gasteiger partial charge in [0.05, 0.1) is 13.2 Å². The number of unbranched alkanes of at least 4 members (excludes halogenated alkanes) is 1. The lowest BCUT2D eigenvalue weighted by Crippen LogP contribution is -2.40. The molecular formula is C17H22FN3O2. The van der Waals surface area contributed by atoms with Crippen LogP contribution in [0.5, 0.6) is 0 Å². The van der Waals surface area contributed by atoms with Gasteiger partial charge >= 0.3 is 0 Å². The molecule has 2 heterocycles. The molecule has 3 rings (SSSR count). The van der Waals surface area contributed by atoms with Gasteiger partial charge in [-0.25, -0.2) is 4.39 Å². The van der Waals surface area contributed by atoms with Crippen LogP contribution in [-0.4, -0.2) is 41.3 Å². The number of aromatic nitrogens is 2. The van der Waals surface area contributed by atoms with Gasteiger partial charge in [-0.15, -0.1) is 0 Å². The maximum atomic E-state index is 13.7. The summed E-state index contributed by atoms with van der Waals surface area (Å²) in [5.74, 6) is 0.691. The number of hydrogen-bond acceptors (Lipinski definition) is 5. The largest absolute Gasteiger partial charge is 0.378 e. The van der Waals surface area contributed by atoms with Crippen LogP contribution in [0.15, 0.2) is 22.7 Å². The molecule has 1 aromatic heterocycles. The summed E-state index contributed by atoms with van der Waals surface area (Å²) in [7, 11) is 0. The lowest BCUT2D eigenvalue weighted by atomic mass is 10.1. The predicted octanol–water partition coefficient (Wildman–Crippen LogP) is 3.36. The zero-order valence-corrected chi connectivity index (χ0v) is 13.6. The first-order valence-electron chi connectivity index (χ1n) is 8.11. The number of rotatable bonds is 5. The van der Waals surface area contributed by atoms with E-state index >= 15 is 0 Å². The Labute approximate surface area is 135 Å². The first-order chi connectivity index (χ1) is 11.2. The third-order valence-electron chi connectivity index (χ3n) is 4.20. The van der Waals surface area contributed by atoms with Crippen LogP contribution < -0.4 is 0 Å². The molecule has 1 aliphatic heterocycles. The van der Waals surface area contributed by atoms with Crippen LogP contribution in [0.2, 0.25) is 0 Å². The molecule has 5 nitrogen and oxygen atoms in total. The second kappa shape index (κ2) is 7.19. The van der Waals surface area contributed by atoms with Gasteiger partial charge < -0.3 is 9.26 Å². The summed E-state index contributed by atoms with van der Waals surface area (Å²) in [6.45, 7) is 7.03. The van der Waals surface area contributed by atoms with Gasteiger partial charge in [-0.05, 0) is 31.5 Å². The monoisotopic (exact) mass is 319 g/mol. The van der Waals surface area contributed by atoms with Gasteiger partial charge in [0.25, 0.3) is 0 Å². The summed E-state index contributed by atoms with van der Waals surface area (Å²) in [4.78, 5) is 6.79. The van der Waals surface area contributed by atoms with E-state index in [9.17, 15) is 4.39 Å². The number of halogens is 1. The molecule has 0 aliphatic carbocycles. The Hall–Kier alpha value is -1.79. The Bertz CT molecular complexity index is 659. The van der Waals surface area contributed by atoms with Crippen LogP contribution in [0.25, 0.3) is 11.4 Å². The SMILES string of the molecule is CCCCN1CCOCC1c1nc(-c2ccc(C)c(F)c2)no1. The van der Waals surface area contributed by atoms with E-state index in [1.165, 1.54) is 6.07 Å². The minimum Gasteiger partial charge on any atom is -0.378 e. The summed E-state index contributed by atoms with van der Waals surface area (Å²) in [6.07, 6.45) is 2.27. The van der Waals surface area contributed by atoms with Gasteiger partial charge in [0.15, 0.2) is 0 Å². The van der Waals surface area contributed by atoms with Crippen molar-refractivity contribution >= 4 is 0 Å². The van der Waals surface area contributed by atoms with Gasteiger partial charge in [0.1, 0.15) is 11.9 Å². The predicted molar refractivity (Wildman–Crippen MR) is 84.5 cm³/mol. The van der Waals surface area contributed by atoms with Crippen molar-refractivity contribution in [1.29, 1.82) is 0 Å². The Kier molecular flexibility index (Phi) is 5.03. The summed E-state index contributed by atoms with van der Waals surface area (Å²) in [5.41, 5.74) is 1.23. The molecule has 0 N–H and O–H groups in total. The Morgan fingerprint density at radius 3 is 3.04 bits per heavy atom. The second-order valence-electron chi connectivity index (χ2n) is 5.90. The van der Waals surface area contributed by atoms with Crippen LogP contribution in [0, 0.1) is 12.7 Å². The fourth-order valence-electron chi connectivity index (χ4n) is 2.71. The Morgan fingerprint density at radius 2 is 2.26 bits per heavy atom. The van der Waals surface area contributed by atoms with Crippen molar-refractivity contribution in [2.24, 2.45) is 0 Å². The van der Waals surface area contributed by atoms with Gasteiger partial charge in [0.2, 0.25) is 11.7 Å². The van der Waals surface area contributed by atoms with Crippen molar-refractivity contribution in [1.82, 2.24) is 15.0 Å². The van der Waals surface area contributed by atoms with Crippen LogP contribution in [0.4, 0.5) is 4.39 Å². The molecule has 0 amide bonds. The van der Waals surface area contributed by atoms with Gasteiger partial charge in [-0.2, -0.15) is 4.98 Å². The van der Waals surface area contributed by atoms with E-state index in [-0.39, 0.29) is 11.9 Å². The molecule has 0 spiro atoms. The Balaban J connectivity index is 1.80. The van der Waals surface area contributed by atoms with Crippen molar-refractivity contribution in [2.45, 2.75) is 32.7 Å². The molecule has 1 aromatic carbocycles. The van der Waals surface area contributed by atoms with E-state index in [0.29, 0.717) is 29.4 Å². The number of ether oxygens (including phenoxy) is 1. The highest BCUT2D eigenvalue weighted by molar-refractivity contribution is 5.55. The molecule has 1 fully saturated rings. The number of aryl methyl sites for hydroxylation is 1. The zero-order chi connectivity index (χ0) is 16.2. The smallest absolute Gasteiger partial charge is 0.246 e. The van der Waals surface area contributed by atoms with E-state index < -0.39 is 0 Å². The minimum atomic E-state index is -0.264. The van der Waals surface area contributed by atoms with E-state index in [0.717, 1.165) is 32.5 Å². The van der Waals surface area contributed by atoms with Crippen molar-refractivity contribution < 1.29 is 13.7 Å². The summed E-state index contributed by atoms with van der Waals surface area (Å²) in [6, 6.07) is 4.94. The number of nitrogens with zero attached hydrogens (tertiary/aromatic N) is 3. The fraction of sp³-hybridized carbons (Fsp3) is 0.529. The molecule has 1 unspecified atom stereocenters. The van der Waals surface area contributed by atoms with E-state index in [1.807, 2.05) is 0 Å². The second-order valence-corrected chi connectivity index (χ2v) is 5.90. The highest BCUT2D eigenvalue weighted by Gasteiger charge is 2.29. The van der Waals surface area contributed by atoms with Crippen LogP contribution in [0.3, 0.4) is 0 Å². The standard InChI is InChI=1S/C17H22FN3O2/c1-3-4-7-21-8-9-22-11-15(21)17-19-16(20-23-17)13-6-5-12(2)14(18)10-13/h5-6,10,15H,3-4,7-9,11H2,1-2H3. The molecular weight excluding hydrogens is 297 g/mol. The first-order valence-corrected chi connectivity index (χ1v) is 8.11. The number of morpholine rings is 1. The number of hydrogen-bond donors (Lipinski definition) is 0. The van der Waals surface area contributed by atoms with Crippen molar-refractivity contribution in [2.75, 3.05) is 26.3 Å². The molecule has 6 heteroatoms. The highest BCUT2D eigenvalue weighted by atomic mass is 19.1. The van der Waals surface area contributed by atoms with Crippen molar-refractivity contribution in [3.05, 3.63) is 35.5 Å². The van der Waals surface area contributed by atoms with E-state index in [1.54, 1.807) is 19.1 Å².